The highest BCUT2D eigenvalue weighted by Crippen LogP contribution is 2.40. The molecule has 0 aliphatic heterocycles. The molecule has 1 aliphatic carbocycles. The lowest BCUT2D eigenvalue weighted by Gasteiger charge is -2.11. The van der Waals surface area contributed by atoms with Crippen LogP contribution in [0.5, 0.6) is 5.75 Å². The Morgan fingerprint density at radius 2 is 1.72 bits per heavy atom. The van der Waals surface area contributed by atoms with Crippen molar-refractivity contribution in [3.63, 3.8) is 0 Å². The molecule has 0 aromatic heterocycles. The summed E-state index contributed by atoms with van der Waals surface area (Å²) in [6.07, 6.45) is -4.14. The number of hydrogen-bond donors (Lipinski definition) is 0. The SMILES string of the molecule is CCOC(=O)C1=C(c2ccccc2)c2ccc(OCCc3cccc(C(F)(F)F)c3)cc2/C1=[N+](/C)[O-]. The third kappa shape index (κ3) is 5.12. The Morgan fingerprint density at radius 1 is 0.972 bits per heavy atom. The fourth-order valence-corrected chi connectivity index (χ4v) is 4.24. The smallest absolute Gasteiger partial charge is 0.416 e. The summed E-state index contributed by atoms with van der Waals surface area (Å²) in [6, 6.07) is 19.5. The molecule has 4 rings (SSSR count). The van der Waals surface area contributed by atoms with Gasteiger partial charge in [0, 0.05) is 12.0 Å². The zero-order valence-corrected chi connectivity index (χ0v) is 19.8. The molecule has 0 saturated heterocycles. The van der Waals surface area contributed by atoms with Crippen molar-refractivity contribution in [2.75, 3.05) is 20.3 Å². The lowest BCUT2D eigenvalue weighted by Crippen LogP contribution is -2.21. The van der Waals surface area contributed by atoms with Crippen molar-refractivity contribution in [2.24, 2.45) is 0 Å². The number of halogens is 3. The zero-order chi connectivity index (χ0) is 25.9. The second-order valence-electron chi connectivity index (χ2n) is 8.19. The first kappa shape index (κ1) is 25.0. The van der Waals surface area contributed by atoms with Gasteiger partial charge in [-0.25, -0.2) is 9.53 Å². The van der Waals surface area contributed by atoms with Crippen molar-refractivity contribution in [1.29, 1.82) is 0 Å². The van der Waals surface area contributed by atoms with E-state index in [1.165, 1.54) is 13.1 Å². The van der Waals surface area contributed by atoms with Crippen LogP contribution in [-0.4, -0.2) is 36.7 Å². The summed E-state index contributed by atoms with van der Waals surface area (Å²) in [7, 11) is 1.31. The van der Waals surface area contributed by atoms with E-state index in [0.717, 1.165) is 17.7 Å². The topological polar surface area (TPSA) is 61.6 Å². The summed E-state index contributed by atoms with van der Waals surface area (Å²) in [6.45, 7) is 1.98. The highest BCUT2D eigenvalue weighted by atomic mass is 19.4. The van der Waals surface area contributed by atoms with Gasteiger partial charge in [-0.15, -0.1) is 0 Å². The van der Waals surface area contributed by atoms with Gasteiger partial charge in [0.15, 0.2) is 0 Å². The summed E-state index contributed by atoms with van der Waals surface area (Å²) in [4.78, 5) is 12.9. The van der Waals surface area contributed by atoms with Crippen LogP contribution < -0.4 is 4.74 Å². The van der Waals surface area contributed by atoms with E-state index in [-0.39, 0.29) is 30.9 Å². The first-order valence-electron chi connectivity index (χ1n) is 11.4. The second kappa shape index (κ2) is 10.3. The minimum absolute atomic E-state index is 0.131. The number of hydrogen-bond acceptors (Lipinski definition) is 4. The molecule has 0 spiro atoms. The number of rotatable bonds is 7. The van der Waals surface area contributed by atoms with Gasteiger partial charge in [0.25, 0.3) is 0 Å². The van der Waals surface area contributed by atoms with E-state index >= 15 is 0 Å². The monoisotopic (exact) mass is 495 g/mol. The molecule has 0 radical (unpaired) electrons. The average Bonchev–Trinajstić information content (AvgIpc) is 3.19. The van der Waals surface area contributed by atoms with Gasteiger partial charge in [0.2, 0.25) is 5.71 Å². The molecule has 186 valence electrons. The van der Waals surface area contributed by atoms with E-state index in [0.29, 0.717) is 32.8 Å². The third-order valence-electron chi connectivity index (χ3n) is 5.77. The van der Waals surface area contributed by atoms with Gasteiger partial charge in [-0.1, -0.05) is 48.5 Å². The largest absolute Gasteiger partial charge is 0.624 e. The maximum absolute atomic E-state index is 13.0. The molecule has 36 heavy (non-hydrogen) atoms. The molecule has 0 amide bonds. The van der Waals surface area contributed by atoms with Crippen LogP contribution in [0, 0.1) is 5.21 Å². The van der Waals surface area contributed by atoms with Gasteiger partial charge in [-0.05, 0) is 47.9 Å². The van der Waals surface area contributed by atoms with Crippen LogP contribution in [0.3, 0.4) is 0 Å². The molecule has 0 fully saturated rings. The van der Waals surface area contributed by atoms with Crippen LogP contribution in [0.15, 0.2) is 78.4 Å². The number of carbonyl (C=O) groups excluding carboxylic acids is 1. The summed E-state index contributed by atoms with van der Waals surface area (Å²) >= 11 is 0. The number of nitrogens with zero attached hydrogens (tertiary/aromatic N) is 1. The van der Waals surface area contributed by atoms with Gasteiger partial charge >= 0.3 is 12.1 Å². The van der Waals surface area contributed by atoms with Crippen molar-refractivity contribution >= 4 is 17.3 Å². The number of fused-ring (bicyclic) bond motifs is 1. The van der Waals surface area contributed by atoms with E-state index in [1.54, 1.807) is 31.2 Å². The molecule has 8 heteroatoms. The molecule has 3 aromatic rings. The molecule has 0 saturated carbocycles. The quantitative estimate of drug-likeness (QED) is 0.184. The molecule has 1 aliphatic rings. The van der Waals surface area contributed by atoms with Crippen LogP contribution in [0.4, 0.5) is 13.2 Å². The lowest BCUT2D eigenvalue weighted by atomic mass is 9.97. The first-order valence-corrected chi connectivity index (χ1v) is 11.4. The molecule has 0 atom stereocenters. The van der Waals surface area contributed by atoms with E-state index in [9.17, 15) is 23.2 Å². The lowest BCUT2D eigenvalue weighted by molar-refractivity contribution is -0.421. The van der Waals surface area contributed by atoms with Crippen LogP contribution in [-0.2, 0) is 22.1 Å². The van der Waals surface area contributed by atoms with Crippen molar-refractivity contribution in [3.8, 4) is 5.75 Å². The number of esters is 1. The number of hydroxylamine groups is 1. The van der Waals surface area contributed by atoms with Crippen LogP contribution >= 0.6 is 0 Å². The average molecular weight is 495 g/mol. The number of benzene rings is 3. The number of alkyl halides is 3. The van der Waals surface area contributed by atoms with Gasteiger partial charge in [-0.3, -0.25) is 0 Å². The molecule has 0 heterocycles. The highest BCUT2D eigenvalue weighted by molar-refractivity contribution is 6.35. The Balaban J connectivity index is 1.64. The minimum atomic E-state index is -4.41. The minimum Gasteiger partial charge on any atom is -0.624 e. The maximum atomic E-state index is 13.0. The Bertz CT molecular complexity index is 1340. The molecule has 0 unspecified atom stereocenters. The second-order valence-corrected chi connectivity index (χ2v) is 8.19. The molecule has 3 aromatic carbocycles. The Hall–Kier alpha value is -4.07. The van der Waals surface area contributed by atoms with Crippen molar-refractivity contribution in [1.82, 2.24) is 0 Å². The maximum Gasteiger partial charge on any atom is 0.416 e. The van der Waals surface area contributed by atoms with E-state index < -0.39 is 17.7 Å². The van der Waals surface area contributed by atoms with Gasteiger partial charge in [-0.2, -0.15) is 13.2 Å². The Labute approximate surface area is 206 Å². The number of carbonyl (C=O) groups is 1. The molecule has 5 nitrogen and oxygen atoms in total. The van der Waals surface area contributed by atoms with Crippen LogP contribution in [0.2, 0.25) is 0 Å². The summed E-state index contributed by atoms with van der Waals surface area (Å²) in [5.41, 5.74) is 2.70. The van der Waals surface area contributed by atoms with Crippen molar-refractivity contribution < 1.29 is 32.2 Å². The first-order chi connectivity index (χ1) is 17.2. The molecule has 0 bridgehead atoms. The summed E-state index contributed by atoms with van der Waals surface area (Å²) in [5.74, 6) is -0.171. The van der Waals surface area contributed by atoms with E-state index in [2.05, 4.69) is 0 Å². The highest BCUT2D eigenvalue weighted by Gasteiger charge is 2.39. The summed E-state index contributed by atoms with van der Waals surface area (Å²) < 4.78 is 50.7. The van der Waals surface area contributed by atoms with Crippen molar-refractivity contribution in [2.45, 2.75) is 19.5 Å². The molecule has 0 N–H and O–H groups in total. The predicted molar refractivity (Wildman–Crippen MR) is 130 cm³/mol. The van der Waals surface area contributed by atoms with Crippen LogP contribution in [0.1, 0.15) is 34.7 Å². The van der Waals surface area contributed by atoms with Gasteiger partial charge in [0.1, 0.15) is 18.4 Å². The predicted octanol–water partition coefficient (Wildman–Crippen LogP) is 5.63. The number of ether oxygens (including phenoxy) is 2. The van der Waals surface area contributed by atoms with Gasteiger partial charge < -0.3 is 14.7 Å². The standard InChI is InChI=1S/C28H24F3NO4/c1-3-35-27(33)25-24(19-9-5-4-6-10-19)22-13-12-21(17-23(22)26(25)32(2)34)36-15-14-18-8-7-11-20(16-18)28(29,30)31/h4-13,16-17H,3,14-15H2,1-2H3/b32-26+. The van der Waals surface area contributed by atoms with E-state index in [1.807, 2.05) is 30.3 Å². The molecular formula is C28H24F3NO4. The fraction of sp³-hybridized carbons (Fsp3) is 0.214. The normalized spacial score (nSPS) is 14.5. The fourth-order valence-electron chi connectivity index (χ4n) is 4.24. The summed E-state index contributed by atoms with van der Waals surface area (Å²) in [5, 5.41) is 12.6. The zero-order valence-electron chi connectivity index (χ0n) is 19.8. The molecular weight excluding hydrogens is 471 g/mol. The Morgan fingerprint density at radius 3 is 2.39 bits per heavy atom. The van der Waals surface area contributed by atoms with Gasteiger partial charge in [0.05, 0.1) is 24.3 Å². The Kier molecular flexibility index (Phi) is 7.15. The third-order valence-corrected chi connectivity index (χ3v) is 5.77. The van der Waals surface area contributed by atoms with Crippen LogP contribution in [0.25, 0.3) is 5.57 Å². The van der Waals surface area contributed by atoms with E-state index in [4.69, 9.17) is 9.47 Å². The van der Waals surface area contributed by atoms with Crippen molar-refractivity contribution in [3.05, 3.63) is 111 Å².